The van der Waals surface area contributed by atoms with Crippen LogP contribution in [-0.4, -0.2) is 96.7 Å². The fourth-order valence-corrected chi connectivity index (χ4v) is 13.1. The van der Waals surface area contributed by atoms with E-state index in [9.17, 15) is 43.2 Å². The van der Waals surface area contributed by atoms with Crippen LogP contribution in [0.5, 0.6) is 0 Å². The summed E-state index contributed by atoms with van der Waals surface area (Å²) in [5, 5.41) is 10.6. The molecule has 0 aliphatic heterocycles. The number of carbonyl (C=O) groups excluding carboxylic acids is 4. The van der Waals surface area contributed by atoms with E-state index in [2.05, 4.69) is 34.6 Å². The van der Waals surface area contributed by atoms with E-state index in [1.165, 1.54) is 212 Å². The van der Waals surface area contributed by atoms with Crippen LogP contribution in [0.2, 0.25) is 0 Å². The van der Waals surface area contributed by atoms with Gasteiger partial charge in [-0.15, -0.1) is 0 Å². The molecule has 19 heteroatoms. The van der Waals surface area contributed by atoms with Crippen molar-refractivity contribution < 1.29 is 80.2 Å². The highest BCUT2D eigenvalue weighted by molar-refractivity contribution is 7.47. The number of esters is 4. The molecular weight excluding hydrogens is 1230 g/mol. The highest BCUT2D eigenvalue weighted by Crippen LogP contribution is 2.45. The summed E-state index contributed by atoms with van der Waals surface area (Å²) in [6.45, 7) is 7.26. The van der Waals surface area contributed by atoms with Crippen LogP contribution in [-0.2, 0) is 65.4 Å². The lowest BCUT2D eigenvalue weighted by molar-refractivity contribution is -0.161. The molecule has 3 N–H and O–H groups in total. The van der Waals surface area contributed by atoms with Gasteiger partial charge in [-0.1, -0.05) is 343 Å². The number of ether oxygens (including phenoxy) is 4. The van der Waals surface area contributed by atoms with E-state index in [0.717, 1.165) is 102 Å². The van der Waals surface area contributed by atoms with E-state index in [0.29, 0.717) is 25.7 Å². The molecule has 0 aromatic heterocycles. The Kier molecular flexibility index (Phi) is 66.8. The number of hydrogen-bond donors (Lipinski definition) is 3. The van der Waals surface area contributed by atoms with Gasteiger partial charge >= 0.3 is 39.5 Å². The van der Waals surface area contributed by atoms with Crippen molar-refractivity contribution in [3.8, 4) is 0 Å². The molecule has 6 atom stereocenters. The Morgan fingerprint density at radius 2 is 0.511 bits per heavy atom. The van der Waals surface area contributed by atoms with Gasteiger partial charge in [0.05, 0.1) is 26.4 Å². The molecule has 0 aromatic carbocycles. The first kappa shape index (κ1) is 92.1. The van der Waals surface area contributed by atoms with Crippen molar-refractivity contribution >= 4 is 39.5 Å². The zero-order valence-corrected chi connectivity index (χ0v) is 62.9. The molecule has 0 aliphatic carbocycles. The molecule has 0 rings (SSSR count). The minimum atomic E-state index is -4.96. The summed E-state index contributed by atoms with van der Waals surface area (Å²) in [6, 6.07) is 0. The third kappa shape index (κ3) is 67.3. The van der Waals surface area contributed by atoms with Crippen LogP contribution in [0.1, 0.15) is 394 Å². The molecule has 17 nitrogen and oxygen atoms in total. The average Bonchev–Trinajstić information content (AvgIpc) is 1.43. The summed E-state index contributed by atoms with van der Waals surface area (Å²) in [7, 11) is -9.90. The molecule has 0 amide bonds. The van der Waals surface area contributed by atoms with E-state index in [1.54, 1.807) is 0 Å². The fraction of sp³-hybridized carbons (Fsp3) is 0.947. The summed E-state index contributed by atoms with van der Waals surface area (Å²) in [4.78, 5) is 72.7. The summed E-state index contributed by atoms with van der Waals surface area (Å²) in [6.07, 6.45) is 56.9. The predicted molar refractivity (Wildman–Crippen MR) is 382 cm³/mol. The van der Waals surface area contributed by atoms with Gasteiger partial charge in [0.25, 0.3) is 0 Å². The van der Waals surface area contributed by atoms with Crippen molar-refractivity contribution in [3.63, 3.8) is 0 Å². The van der Waals surface area contributed by atoms with E-state index < -0.39 is 97.5 Å². The van der Waals surface area contributed by atoms with Crippen LogP contribution in [0.3, 0.4) is 0 Å². The SMILES string of the molecule is CCCCCCCCCCCCCCCCCCCCC(=O)O[C@H](COC(=O)CCCCCCCCCCCCCCCCCC)COP(=O)(O)OC[C@@H](O)COP(=O)(O)OC[C@@H](COC(=O)CCCCCCCCCC)OC(=O)CCCCCCCCCCC(C)CC. The van der Waals surface area contributed by atoms with Crippen molar-refractivity contribution in [1.82, 2.24) is 0 Å². The Hall–Kier alpha value is -1.94. The van der Waals surface area contributed by atoms with Crippen molar-refractivity contribution in [2.24, 2.45) is 5.92 Å². The molecule has 94 heavy (non-hydrogen) atoms. The largest absolute Gasteiger partial charge is 0.472 e. The first-order valence-corrected chi connectivity index (χ1v) is 42.2. The Morgan fingerprint density at radius 1 is 0.298 bits per heavy atom. The summed E-state index contributed by atoms with van der Waals surface area (Å²) in [5.74, 6) is -1.35. The second-order valence-electron chi connectivity index (χ2n) is 27.3. The standard InChI is InChI=1S/C75H146O17P2/c1-6-10-13-16-19-22-24-26-28-30-31-33-35-37-39-45-50-55-60-74(79)91-71(65-86-73(78)59-54-49-44-38-36-34-32-29-27-25-23-20-17-14-11-7-2)67-90-94(83,84)88-63-69(76)62-87-93(81,82)89-66-70(64-85-72(77)58-53-48-43-21-18-15-12-8-3)92-75(80)61-56-51-46-41-40-42-47-52-57-68(5)9-4/h68-71,76H,6-67H2,1-5H3,(H,81,82)(H,83,84)/t68?,69-,70+,71+/m0/s1. The number of aliphatic hydroxyl groups excluding tert-OH is 1. The number of aliphatic hydroxyl groups is 1. The summed E-state index contributed by atoms with van der Waals surface area (Å²) in [5.41, 5.74) is 0. The average molecular weight is 1380 g/mol. The van der Waals surface area contributed by atoms with Gasteiger partial charge in [0.2, 0.25) is 0 Å². The first-order chi connectivity index (χ1) is 45.6. The quantitative estimate of drug-likeness (QED) is 0.0222. The van der Waals surface area contributed by atoms with Crippen LogP contribution in [0, 0.1) is 5.92 Å². The molecule has 0 heterocycles. The van der Waals surface area contributed by atoms with Gasteiger partial charge in [0, 0.05) is 25.7 Å². The third-order valence-electron chi connectivity index (χ3n) is 17.9. The zero-order chi connectivity index (χ0) is 69.1. The van der Waals surface area contributed by atoms with E-state index in [4.69, 9.17) is 37.0 Å². The summed E-state index contributed by atoms with van der Waals surface area (Å²) < 4.78 is 68.4. The molecule has 0 aromatic rings. The number of hydrogen-bond acceptors (Lipinski definition) is 15. The molecule has 0 fully saturated rings. The van der Waals surface area contributed by atoms with Crippen molar-refractivity contribution in [2.45, 2.75) is 412 Å². The maximum Gasteiger partial charge on any atom is 0.472 e. The molecule has 3 unspecified atom stereocenters. The number of carbonyl (C=O) groups is 4. The fourth-order valence-electron chi connectivity index (χ4n) is 11.5. The highest BCUT2D eigenvalue weighted by Gasteiger charge is 2.30. The van der Waals surface area contributed by atoms with Crippen molar-refractivity contribution in [2.75, 3.05) is 39.6 Å². The Bertz CT molecular complexity index is 1810. The number of unbranched alkanes of at least 4 members (excludes halogenated alkanes) is 46. The predicted octanol–water partition coefficient (Wildman–Crippen LogP) is 22.1. The third-order valence-corrected chi connectivity index (χ3v) is 19.8. The minimum absolute atomic E-state index is 0.105. The lowest BCUT2D eigenvalue weighted by atomic mass is 9.99. The minimum Gasteiger partial charge on any atom is -0.462 e. The van der Waals surface area contributed by atoms with Gasteiger partial charge in [-0.3, -0.25) is 37.3 Å². The molecule has 0 radical (unpaired) electrons. The van der Waals surface area contributed by atoms with E-state index >= 15 is 0 Å². The van der Waals surface area contributed by atoms with Crippen LogP contribution < -0.4 is 0 Å². The lowest BCUT2D eigenvalue weighted by Gasteiger charge is -2.21. The molecule has 0 aliphatic rings. The smallest absolute Gasteiger partial charge is 0.462 e. The Labute approximate surface area is 575 Å². The molecule has 558 valence electrons. The monoisotopic (exact) mass is 1380 g/mol. The van der Waals surface area contributed by atoms with Gasteiger partial charge in [-0.25, -0.2) is 9.13 Å². The number of rotatable bonds is 75. The second-order valence-corrected chi connectivity index (χ2v) is 30.2. The number of phosphoric acid groups is 2. The van der Waals surface area contributed by atoms with Gasteiger partial charge < -0.3 is 33.8 Å². The summed E-state index contributed by atoms with van der Waals surface area (Å²) >= 11 is 0. The molecule has 0 saturated heterocycles. The van der Waals surface area contributed by atoms with Gasteiger partial charge in [0.1, 0.15) is 19.3 Å². The lowest BCUT2D eigenvalue weighted by Crippen LogP contribution is -2.30. The Balaban J connectivity index is 5.21. The van der Waals surface area contributed by atoms with Gasteiger partial charge in [0.15, 0.2) is 12.2 Å². The number of phosphoric ester groups is 2. The van der Waals surface area contributed by atoms with Gasteiger partial charge in [-0.05, 0) is 31.6 Å². The maximum absolute atomic E-state index is 13.1. The molecule has 0 saturated carbocycles. The first-order valence-electron chi connectivity index (χ1n) is 39.2. The van der Waals surface area contributed by atoms with Crippen LogP contribution in [0.4, 0.5) is 0 Å². The normalized spacial score (nSPS) is 14.3. The van der Waals surface area contributed by atoms with Crippen molar-refractivity contribution in [1.29, 1.82) is 0 Å². The van der Waals surface area contributed by atoms with Crippen LogP contribution in [0.25, 0.3) is 0 Å². The maximum atomic E-state index is 13.1. The van der Waals surface area contributed by atoms with Crippen LogP contribution >= 0.6 is 15.6 Å². The molecule has 0 bridgehead atoms. The second kappa shape index (κ2) is 68.2. The van der Waals surface area contributed by atoms with E-state index in [1.807, 2.05) is 0 Å². The van der Waals surface area contributed by atoms with Crippen molar-refractivity contribution in [3.05, 3.63) is 0 Å². The topological polar surface area (TPSA) is 237 Å². The van der Waals surface area contributed by atoms with Gasteiger partial charge in [-0.2, -0.15) is 0 Å². The highest BCUT2D eigenvalue weighted by atomic mass is 31.2. The molecule has 0 spiro atoms. The Morgan fingerprint density at radius 3 is 0.755 bits per heavy atom. The van der Waals surface area contributed by atoms with Crippen LogP contribution in [0.15, 0.2) is 0 Å². The zero-order valence-electron chi connectivity index (χ0n) is 61.1. The van der Waals surface area contributed by atoms with E-state index in [-0.39, 0.29) is 25.7 Å². The molecular formula is C75H146O17P2.